The predicted molar refractivity (Wildman–Crippen MR) is 80.4 cm³/mol. The van der Waals surface area contributed by atoms with Crippen molar-refractivity contribution in [1.29, 1.82) is 0 Å². The first-order valence-corrected chi connectivity index (χ1v) is 7.78. The van der Waals surface area contributed by atoms with E-state index in [4.69, 9.17) is 0 Å². The van der Waals surface area contributed by atoms with Gasteiger partial charge >= 0.3 is 0 Å². The van der Waals surface area contributed by atoms with E-state index in [-0.39, 0.29) is 11.9 Å². The number of aromatic amines is 1. The van der Waals surface area contributed by atoms with Crippen molar-refractivity contribution in [2.24, 2.45) is 7.05 Å². The zero-order chi connectivity index (χ0) is 15.1. The fourth-order valence-corrected chi connectivity index (χ4v) is 3.05. The monoisotopic (exact) mass is 300 g/mol. The maximum atomic E-state index is 12.8. The molecule has 1 atom stereocenters. The smallest absolute Gasteiger partial charge is 0.274 e. The molecule has 1 unspecified atom stereocenters. The number of carbonyl (C=O) groups is 1. The molecule has 1 aliphatic heterocycles. The second-order valence-electron chi connectivity index (χ2n) is 6.15. The second kappa shape index (κ2) is 5.24. The van der Waals surface area contributed by atoms with E-state index in [1.165, 1.54) is 12.8 Å². The van der Waals surface area contributed by atoms with Crippen molar-refractivity contribution < 1.29 is 4.79 Å². The number of rotatable bonds is 3. The van der Waals surface area contributed by atoms with Crippen molar-refractivity contribution in [1.82, 2.24) is 30.2 Å². The molecule has 0 aromatic carbocycles. The van der Waals surface area contributed by atoms with Gasteiger partial charge in [0.15, 0.2) is 0 Å². The van der Waals surface area contributed by atoms with Crippen molar-refractivity contribution in [2.75, 3.05) is 19.6 Å². The number of carbonyl (C=O) groups excluding carboxylic acids is 1. The molecule has 2 aromatic heterocycles. The number of nitrogens with zero attached hydrogens (tertiary/aromatic N) is 4. The first kappa shape index (κ1) is 13.5. The van der Waals surface area contributed by atoms with E-state index in [2.05, 4.69) is 20.6 Å². The highest BCUT2D eigenvalue weighted by Crippen LogP contribution is 2.39. The third-order valence-electron chi connectivity index (χ3n) is 4.45. The van der Waals surface area contributed by atoms with Crippen LogP contribution in [0.25, 0.3) is 0 Å². The van der Waals surface area contributed by atoms with Gasteiger partial charge in [0.25, 0.3) is 5.91 Å². The Labute approximate surface area is 128 Å². The SMILES string of the molecule is Cn1cc(C2CNCCN2C(=O)c2cc(C3CC3)[nH]n2)cn1. The lowest BCUT2D eigenvalue weighted by molar-refractivity contribution is 0.0628. The molecule has 2 aromatic rings. The van der Waals surface area contributed by atoms with Crippen LogP contribution in [0, 0.1) is 0 Å². The van der Waals surface area contributed by atoms with Gasteiger partial charge in [0.05, 0.1) is 12.2 Å². The largest absolute Gasteiger partial charge is 0.328 e. The minimum absolute atomic E-state index is 0.00139. The molecule has 1 aliphatic carbocycles. The van der Waals surface area contributed by atoms with Gasteiger partial charge in [-0.2, -0.15) is 10.2 Å². The summed E-state index contributed by atoms with van der Waals surface area (Å²) >= 11 is 0. The van der Waals surface area contributed by atoms with Gasteiger partial charge in [-0.3, -0.25) is 14.6 Å². The van der Waals surface area contributed by atoms with E-state index in [1.54, 1.807) is 4.68 Å². The molecule has 7 nitrogen and oxygen atoms in total. The average Bonchev–Trinajstić information content (AvgIpc) is 3.11. The number of hydrogen-bond donors (Lipinski definition) is 2. The van der Waals surface area contributed by atoms with E-state index in [1.807, 2.05) is 30.4 Å². The summed E-state index contributed by atoms with van der Waals surface area (Å²) in [6.07, 6.45) is 6.19. The Balaban J connectivity index is 1.58. The number of amides is 1. The van der Waals surface area contributed by atoms with Crippen LogP contribution in [-0.2, 0) is 7.05 Å². The average molecular weight is 300 g/mol. The topological polar surface area (TPSA) is 78.8 Å². The lowest BCUT2D eigenvalue weighted by Crippen LogP contribution is -2.48. The third-order valence-corrected chi connectivity index (χ3v) is 4.45. The third kappa shape index (κ3) is 2.41. The van der Waals surface area contributed by atoms with E-state index in [0.717, 1.165) is 24.3 Å². The number of aryl methyl sites for hydroxylation is 1. The quantitative estimate of drug-likeness (QED) is 0.879. The van der Waals surface area contributed by atoms with Crippen molar-refractivity contribution in [3.05, 3.63) is 35.4 Å². The summed E-state index contributed by atoms with van der Waals surface area (Å²) in [5, 5.41) is 14.8. The Bertz CT molecular complexity index is 686. The van der Waals surface area contributed by atoms with Crippen LogP contribution in [0.5, 0.6) is 0 Å². The summed E-state index contributed by atoms with van der Waals surface area (Å²) in [4.78, 5) is 14.7. The highest BCUT2D eigenvalue weighted by atomic mass is 16.2. The lowest BCUT2D eigenvalue weighted by atomic mass is 10.1. The van der Waals surface area contributed by atoms with Crippen LogP contribution < -0.4 is 5.32 Å². The Morgan fingerprint density at radius 3 is 3.00 bits per heavy atom. The van der Waals surface area contributed by atoms with Crippen molar-refractivity contribution in [3.63, 3.8) is 0 Å². The van der Waals surface area contributed by atoms with E-state index in [0.29, 0.717) is 18.2 Å². The molecule has 116 valence electrons. The first-order chi connectivity index (χ1) is 10.7. The normalized spacial score (nSPS) is 22.0. The van der Waals surface area contributed by atoms with Gasteiger partial charge in [0.2, 0.25) is 0 Å². The van der Waals surface area contributed by atoms with Gasteiger partial charge in [0.1, 0.15) is 5.69 Å². The highest BCUT2D eigenvalue weighted by molar-refractivity contribution is 5.92. The van der Waals surface area contributed by atoms with Crippen LogP contribution in [0.2, 0.25) is 0 Å². The Hall–Kier alpha value is -2.15. The number of aromatic nitrogens is 4. The molecule has 4 rings (SSSR count). The fraction of sp³-hybridized carbons (Fsp3) is 0.533. The van der Waals surface area contributed by atoms with Crippen LogP contribution in [-0.4, -0.2) is 50.4 Å². The molecule has 1 saturated carbocycles. The van der Waals surface area contributed by atoms with Crippen LogP contribution >= 0.6 is 0 Å². The van der Waals surface area contributed by atoms with E-state index in [9.17, 15) is 4.79 Å². The van der Waals surface area contributed by atoms with Gasteiger partial charge < -0.3 is 10.2 Å². The zero-order valence-electron chi connectivity index (χ0n) is 12.6. The summed E-state index contributed by atoms with van der Waals surface area (Å²) in [5.74, 6) is 0.574. The van der Waals surface area contributed by atoms with Gasteiger partial charge in [-0.1, -0.05) is 0 Å². The molecule has 0 bridgehead atoms. The number of H-pyrrole nitrogens is 1. The Morgan fingerprint density at radius 2 is 2.27 bits per heavy atom. The molecular formula is C15H20N6O. The van der Waals surface area contributed by atoms with Crippen molar-refractivity contribution in [2.45, 2.75) is 24.8 Å². The standard InChI is InChI=1S/C15H20N6O/c1-20-9-11(7-17-20)14-8-16-4-5-21(14)15(22)13-6-12(18-19-13)10-2-3-10/h6-7,9-10,14,16H,2-5,8H2,1H3,(H,18,19). The summed E-state index contributed by atoms with van der Waals surface area (Å²) in [7, 11) is 1.89. The van der Waals surface area contributed by atoms with Gasteiger partial charge in [-0.15, -0.1) is 0 Å². The highest BCUT2D eigenvalue weighted by Gasteiger charge is 2.32. The molecular weight excluding hydrogens is 280 g/mol. The van der Waals surface area contributed by atoms with Crippen LogP contribution in [0.4, 0.5) is 0 Å². The maximum absolute atomic E-state index is 12.8. The number of nitrogens with one attached hydrogen (secondary N) is 2. The zero-order valence-corrected chi connectivity index (χ0v) is 12.6. The van der Waals surface area contributed by atoms with Crippen LogP contribution in [0.15, 0.2) is 18.5 Å². The molecule has 2 aliphatic rings. The van der Waals surface area contributed by atoms with E-state index >= 15 is 0 Å². The van der Waals surface area contributed by atoms with Crippen LogP contribution in [0.1, 0.15) is 46.5 Å². The Morgan fingerprint density at radius 1 is 1.41 bits per heavy atom. The second-order valence-corrected chi connectivity index (χ2v) is 6.15. The minimum atomic E-state index is -0.00139. The molecule has 2 N–H and O–H groups in total. The summed E-state index contributed by atoms with van der Waals surface area (Å²) < 4.78 is 1.77. The molecule has 7 heteroatoms. The Kier molecular flexibility index (Phi) is 3.22. The van der Waals surface area contributed by atoms with Gasteiger partial charge in [0, 0.05) is 50.1 Å². The van der Waals surface area contributed by atoms with Gasteiger partial charge in [-0.25, -0.2) is 0 Å². The molecule has 1 amide bonds. The predicted octanol–water partition coefficient (Wildman–Crippen LogP) is 0.807. The van der Waals surface area contributed by atoms with Crippen molar-refractivity contribution in [3.8, 4) is 0 Å². The first-order valence-electron chi connectivity index (χ1n) is 7.78. The van der Waals surface area contributed by atoms with E-state index < -0.39 is 0 Å². The fourth-order valence-electron chi connectivity index (χ4n) is 3.05. The minimum Gasteiger partial charge on any atom is -0.328 e. The number of piperazine rings is 1. The molecule has 3 heterocycles. The van der Waals surface area contributed by atoms with Crippen LogP contribution in [0.3, 0.4) is 0 Å². The molecule has 22 heavy (non-hydrogen) atoms. The lowest BCUT2D eigenvalue weighted by Gasteiger charge is -2.35. The summed E-state index contributed by atoms with van der Waals surface area (Å²) in [5.41, 5.74) is 2.68. The summed E-state index contributed by atoms with van der Waals surface area (Å²) in [6.45, 7) is 2.24. The van der Waals surface area contributed by atoms with Crippen molar-refractivity contribution >= 4 is 5.91 Å². The molecule has 1 saturated heterocycles. The summed E-state index contributed by atoms with van der Waals surface area (Å²) in [6, 6.07) is 1.93. The molecule has 0 spiro atoms. The number of hydrogen-bond acceptors (Lipinski definition) is 4. The molecule has 2 fully saturated rings. The maximum Gasteiger partial charge on any atom is 0.274 e. The van der Waals surface area contributed by atoms with Gasteiger partial charge in [-0.05, 0) is 18.9 Å². The molecule has 0 radical (unpaired) electrons.